The molecule has 1 aliphatic heterocycles. The van der Waals surface area contributed by atoms with Crippen molar-refractivity contribution in [2.24, 2.45) is 0 Å². The average Bonchev–Trinajstić information content (AvgIpc) is 3.17. The van der Waals surface area contributed by atoms with Crippen LogP contribution in [0.4, 0.5) is 0 Å². The predicted octanol–water partition coefficient (Wildman–Crippen LogP) is 3.42. The summed E-state index contributed by atoms with van der Waals surface area (Å²) in [6.07, 6.45) is 0.472. The zero-order valence-corrected chi connectivity index (χ0v) is 16.6. The molecule has 0 saturated carbocycles. The molecule has 0 unspecified atom stereocenters. The Morgan fingerprint density at radius 1 is 1.33 bits per heavy atom. The van der Waals surface area contributed by atoms with Gasteiger partial charge in [-0.1, -0.05) is 19.0 Å². The SMILES string of the molecule is Cc1noc(C)c1CO[C@@H]1COCC[C@H]1NC(=O)c1cc(C(C)C)oc1C. The summed E-state index contributed by atoms with van der Waals surface area (Å²) >= 11 is 0. The molecule has 148 valence electrons. The van der Waals surface area contributed by atoms with E-state index in [0.29, 0.717) is 37.6 Å². The maximum atomic E-state index is 12.8. The van der Waals surface area contributed by atoms with Crippen molar-refractivity contribution in [3.05, 3.63) is 40.2 Å². The third kappa shape index (κ3) is 4.42. The summed E-state index contributed by atoms with van der Waals surface area (Å²) in [5.41, 5.74) is 2.34. The number of ether oxygens (including phenoxy) is 2. The van der Waals surface area contributed by atoms with Gasteiger partial charge in [0.05, 0.1) is 30.5 Å². The topological polar surface area (TPSA) is 86.7 Å². The third-order valence-corrected chi connectivity index (χ3v) is 4.99. The number of aryl methyl sites for hydroxylation is 3. The van der Waals surface area contributed by atoms with E-state index in [-0.39, 0.29) is 24.0 Å². The molecular formula is C20H28N2O5. The van der Waals surface area contributed by atoms with Gasteiger partial charge < -0.3 is 23.7 Å². The van der Waals surface area contributed by atoms with Gasteiger partial charge in [-0.2, -0.15) is 0 Å². The molecule has 0 aromatic carbocycles. The standard InChI is InChI=1S/C20H28N2O5/c1-11(2)18-8-15(13(4)26-18)20(23)21-17-6-7-24-10-19(17)25-9-16-12(3)22-27-14(16)5/h8,11,17,19H,6-7,9-10H2,1-5H3,(H,21,23)/t17-,19-/m1/s1. The third-order valence-electron chi connectivity index (χ3n) is 4.99. The molecule has 7 nitrogen and oxygen atoms in total. The fraction of sp³-hybridized carbons (Fsp3) is 0.600. The first kappa shape index (κ1) is 19.6. The molecule has 1 fully saturated rings. The lowest BCUT2D eigenvalue weighted by atomic mass is 10.0. The Labute approximate surface area is 159 Å². The van der Waals surface area contributed by atoms with E-state index in [4.69, 9.17) is 18.4 Å². The second kappa shape index (κ2) is 8.27. The zero-order valence-electron chi connectivity index (χ0n) is 16.6. The Balaban J connectivity index is 1.65. The number of hydrogen-bond donors (Lipinski definition) is 1. The molecule has 2 aromatic heterocycles. The number of hydrogen-bond acceptors (Lipinski definition) is 6. The molecule has 1 amide bonds. The minimum Gasteiger partial charge on any atom is -0.465 e. The van der Waals surface area contributed by atoms with Gasteiger partial charge in [-0.05, 0) is 33.3 Å². The maximum absolute atomic E-state index is 12.8. The second-order valence-corrected chi connectivity index (χ2v) is 7.37. The second-order valence-electron chi connectivity index (χ2n) is 7.37. The number of rotatable bonds is 6. The Hall–Kier alpha value is -2.12. The minimum atomic E-state index is -0.229. The average molecular weight is 376 g/mol. The number of nitrogens with one attached hydrogen (secondary N) is 1. The highest BCUT2D eigenvalue weighted by Gasteiger charge is 2.30. The van der Waals surface area contributed by atoms with Gasteiger partial charge in [-0.15, -0.1) is 0 Å². The van der Waals surface area contributed by atoms with Gasteiger partial charge >= 0.3 is 0 Å². The van der Waals surface area contributed by atoms with Gasteiger partial charge in [-0.3, -0.25) is 4.79 Å². The number of aromatic nitrogens is 1. The van der Waals surface area contributed by atoms with Crippen LogP contribution in [-0.2, 0) is 16.1 Å². The van der Waals surface area contributed by atoms with E-state index < -0.39 is 0 Å². The zero-order chi connectivity index (χ0) is 19.6. The highest BCUT2D eigenvalue weighted by atomic mass is 16.5. The van der Waals surface area contributed by atoms with Crippen LogP contribution in [0.3, 0.4) is 0 Å². The molecule has 1 saturated heterocycles. The largest absolute Gasteiger partial charge is 0.465 e. The smallest absolute Gasteiger partial charge is 0.255 e. The number of amides is 1. The summed E-state index contributed by atoms with van der Waals surface area (Å²) in [4.78, 5) is 12.8. The summed E-state index contributed by atoms with van der Waals surface area (Å²) in [6, 6.07) is 1.71. The van der Waals surface area contributed by atoms with Crippen LogP contribution in [0.5, 0.6) is 0 Å². The fourth-order valence-electron chi connectivity index (χ4n) is 3.20. The molecule has 3 heterocycles. The van der Waals surface area contributed by atoms with Crippen LogP contribution in [0.2, 0.25) is 0 Å². The lowest BCUT2D eigenvalue weighted by Crippen LogP contribution is -2.50. The molecule has 0 bridgehead atoms. The molecule has 2 aromatic rings. The van der Waals surface area contributed by atoms with Gasteiger partial charge in [0.25, 0.3) is 5.91 Å². The van der Waals surface area contributed by atoms with Gasteiger partial charge in [0.2, 0.25) is 0 Å². The van der Waals surface area contributed by atoms with Gasteiger partial charge in [0.15, 0.2) is 0 Å². The summed E-state index contributed by atoms with van der Waals surface area (Å²) in [5.74, 6) is 2.30. The van der Waals surface area contributed by atoms with Crippen LogP contribution in [-0.4, -0.2) is 36.4 Å². The molecule has 0 radical (unpaired) electrons. The van der Waals surface area contributed by atoms with Crippen molar-refractivity contribution in [1.82, 2.24) is 10.5 Å². The highest BCUT2D eigenvalue weighted by Crippen LogP contribution is 2.23. The Bertz CT molecular complexity index is 773. The quantitative estimate of drug-likeness (QED) is 0.831. The normalized spacial score (nSPS) is 20.2. The number of carbonyl (C=O) groups is 1. The van der Waals surface area contributed by atoms with E-state index in [2.05, 4.69) is 10.5 Å². The Morgan fingerprint density at radius 3 is 2.74 bits per heavy atom. The molecule has 1 N–H and O–H groups in total. The molecule has 3 rings (SSSR count). The Kier molecular flexibility index (Phi) is 6.01. The number of carbonyl (C=O) groups excluding carboxylic acids is 1. The first-order valence-electron chi connectivity index (χ1n) is 9.39. The summed E-state index contributed by atoms with van der Waals surface area (Å²) < 4.78 is 22.5. The number of nitrogens with zero attached hydrogens (tertiary/aromatic N) is 1. The van der Waals surface area contributed by atoms with E-state index in [9.17, 15) is 4.79 Å². The van der Waals surface area contributed by atoms with Crippen LogP contribution in [0.15, 0.2) is 15.0 Å². The van der Waals surface area contributed by atoms with Crippen LogP contribution in [0, 0.1) is 20.8 Å². The molecule has 7 heteroatoms. The molecule has 0 aliphatic carbocycles. The van der Waals surface area contributed by atoms with Crippen molar-refractivity contribution in [2.75, 3.05) is 13.2 Å². The van der Waals surface area contributed by atoms with E-state index in [1.54, 1.807) is 0 Å². The molecule has 2 atom stereocenters. The van der Waals surface area contributed by atoms with Crippen molar-refractivity contribution in [2.45, 2.75) is 65.7 Å². The van der Waals surface area contributed by atoms with E-state index >= 15 is 0 Å². The van der Waals surface area contributed by atoms with Crippen LogP contribution in [0.25, 0.3) is 0 Å². The van der Waals surface area contributed by atoms with E-state index in [1.807, 2.05) is 40.7 Å². The highest BCUT2D eigenvalue weighted by molar-refractivity contribution is 5.95. The maximum Gasteiger partial charge on any atom is 0.255 e. The van der Waals surface area contributed by atoms with Crippen LogP contribution in [0.1, 0.15) is 65.1 Å². The molecule has 1 aliphatic rings. The lowest BCUT2D eigenvalue weighted by Gasteiger charge is -2.32. The number of furan rings is 1. The van der Waals surface area contributed by atoms with Gasteiger partial charge in [0, 0.05) is 18.1 Å². The minimum absolute atomic E-state index is 0.122. The van der Waals surface area contributed by atoms with Crippen molar-refractivity contribution < 1.29 is 23.2 Å². The first-order chi connectivity index (χ1) is 12.9. The molecular weight excluding hydrogens is 348 g/mol. The van der Waals surface area contributed by atoms with E-state index in [0.717, 1.165) is 22.8 Å². The van der Waals surface area contributed by atoms with Crippen LogP contribution >= 0.6 is 0 Å². The molecule has 0 spiro atoms. The van der Waals surface area contributed by atoms with Crippen LogP contribution < -0.4 is 5.32 Å². The van der Waals surface area contributed by atoms with Crippen molar-refractivity contribution in [1.29, 1.82) is 0 Å². The van der Waals surface area contributed by atoms with Crippen molar-refractivity contribution in [3.63, 3.8) is 0 Å². The summed E-state index contributed by atoms with van der Waals surface area (Å²) in [5, 5.41) is 7.04. The Morgan fingerprint density at radius 2 is 2.11 bits per heavy atom. The van der Waals surface area contributed by atoms with Gasteiger partial charge in [-0.25, -0.2) is 0 Å². The summed E-state index contributed by atoms with van der Waals surface area (Å²) in [6.45, 7) is 11.1. The predicted molar refractivity (Wildman–Crippen MR) is 98.8 cm³/mol. The first-order valence-corrected chi connectivity index (χ1v) is 9.39. The van der Waals surface area contributed by atoms with E-state index in [1.165, 1.54) is 0 Å². The van der Waals surface area contributed by atoms with Crippen molar-refractivity contribution in [3.8, 4) is 0 Å². The van der Waals surface area contributed by atoms with Crippen molar-refractivity contribution >= 4 is 5.91 Å². The monoisotopic (exact) mass is 376 g/mol. The lowest BCUT2D eigenvalue weighted by molar-refractivity contribution is -0.0739. The summed E-state index contributed by atoms with van der Waals surface area (Å²) in [7, 11) is 0. The fourth-order valence-corrected chi connectivity index (χ4v) is 3.20. The van der Waals surface area contributed by atoms with Gasteiger partial charge in [0.1, 0.15) is 23.4 Å². The molecule has 27 heavy (non-hydrogen) atoms.